The average molecular weight is 340 g/mol. The van der Waals surface area contributed by atoms with Crippen molar-refractivity contribution in [1.29, 1.82) is 0 Å². The fraction of sp³-hybridized carbons (Fsp3) is 0.562. The molecule has 0 spiro atoms. The number of ether oxygens (including phenoxy) is 1. The minimum Gasteiger partial charge on any atom is -0.376 e. The van der Waals surface area contributed by atoms with Crippen LogP contribution in [0.1, 0.15) is 43.0 Å². The molecule has 1 atom stereocenters. The Kier molecular flexibility index (Phi) is 6.56. The van der Waals surface area contributed by atoms with E-state index in [9.17, 15) is 13.2 Å². The van der Waals surface area contributed by atoms with Crippen molar-refractivity contribution >= 4 is 15.9 Å². The van der Waals surface area contributed by atoms with E-state index < -0.39 is 10.0 Å². The molecule has 1 saturated heterocycles. The molecule has 1 aliphatic heterocycles. The van der Waals surface area contributed by atoms with E-state index in [1.54, 1.807) is 12.1 Å². The summed E-state index contributed by atoms with van der Waals surface area (Å²) >= 11 is 0. The summed E-state index contributed by atoms with van der Waals surface area (Å²) in [6.07, 6.45) is 3.70. The fourth-order valence-electron chi connectivity index (χ4n) is 2.39. The van der Waals surface area contributed by atoms with Gasteiger partial charge in [-0.05, 0) is 37.5 Å². The molecule has 6 nitrogen and oxygen atoms in total. The van der Waals surface area contributed by atoms with Crippen molar-refractivity contribution in [1.82, 2.24) is 10.0 Å². The smallest absolute Gasteiger partial charge is 0.251 e. The standard InChI is InChI=1S/C16H24N2O4S/c1-2-3-9-18-23(20,21)15-8-4-6-13(11-15)16(19)17-12-14-7-5-10-22-14/h4,6,8,11,14,18H,2-3,5,7,9-10,12H2,1H3,(H,17,19)/t14-/m0/s1. The van der Waals surface area contributed by atoms with Crippen molar-refractivity contribution in [2.75, 3.05) is 19.7 Å². The van der Waals surface area contributed by atoms with Gasteiger partial charge in [0.15, 0.2) is 0 Å². The van der Waals surface area contributed by atoms with Crippen LogP contribution in [0.5, 0.6) is 0 Å². The number of benzene rings is 1. The Morgan fingerprint density at radius 2 is 2.22 bits per heavy atom. The first-order valence-electron chi connectivity index (χ1n) is 8.02. The number of nitrogens with one attached hydrogen (secondary N) is 2. The van der Waals surface area contributed by atoms with Gasteiger partial charge in [-0.15, -0.1) is 0 Å². The topological polar surface area (TPSA) is 84.5 Å². The fourth-order valence-corrected chi connectivity index (χ4v) is 3.50. The zero-order valence-electron chi connectivity index (χ0n) is 13.4. The third-order valence-electron chi connectivity index (χ3n) is 3.74. The van der Waals surface area contributed by atoms with Crippen molar-refractivity contribution < 1.29 is 17.9 Å². The second kappa shape index (κ2) is 8.42. The van der Waals surface area contributed by atoms with Gasteiger partial charge in [-0.25, -0.2) is 13.1 Å². The van der Waals surface area contributed by atoms with Crippen LogP contribution in [-0.4, -0.2) is 40.1 Å². The summed E-state index contributed by atoms with van der Waals surface area (Å²) in [6.45, 7) is 3.57. The predicted molar refractivity (Wildman–Crippen MR) is 87.8 cm³/mol. The first-order valence-corrected chi connectivity index (χ1v) is 9.51. The SMILES string of the molecule is CCCCNS(=O)(=O)c1cccc(C(=O)NC[C@@H]2CCCO2)c1. The largest absolute Gasteiger partial charge is 0.376 e. The molecule has 2 N–H and O–H groups in total. The molecule has 1 amide bonds. The molecule has 0 saturated carbocycles. The summed E-state index contributed by atoms with van der Waals surface area (Å²) in [6, 6.07) is 6.08. The highest BCUT2D eigenvalue weighted by molar-refractivity contribution is 7.89. The third-order valence-corrected chi connectivity index (χ3v) is 5.20. The molecule has 1 aliphatic rings. The Morgan fingerprint density at radius 1 is 1.39 bits per heavy atom. The highest BCUT2D eigenvalue weighted by Crippen LogP contribution is 2.13. The monoisotopic (exact) mass is 340 g/mol. The maximum atomic E-state index is 12.2. The van der Waals surface area contributed by atoms with E-state index in [1.807, 2.05) is 6.92 Å². The van der Waals surface area contributed by atoms with Crippen LogP contribution in [0.2, 0.25) is 0 Å². The summed E-state index contributed by atoms with van der Waals surface area (Å²) < 4.78 is 32.4. The lowest BCUT2D eigenvalue weighted by Gasteiger charge is -2.11. The average Bonchev–Trinajstić information content (AvgIpc) is 3.06. The van der Waals surface area contributed by atoms with E-state index in [1.165, 1.54) is 12.1 Å². The summed E-state index contributed by atoms with van der Waals surface area (Å²) in [7, 11) is -3.57. The number of hydrogen-bond acceptors (Lipinski definition) is 4. The van der Waals surface area contributed by atoms with Crippen LogP contribution in [0.25, 0.3) is 0 Å². The van der Waals surface area contributed by atoms with Crippen molar-refractivity contribution in [2.24, 2.45) is 0 Å². The normalized spacial score (nSPS) is 18.0. The molecule has 0 unspecified atom stereocenters. The van der Waals surface area contributed by atoms with Crippen LogP contribution in [0.3, 0.4) is 0 Å². The Bertz CT molecular complexity index is 625. The first kappa shape index (κ1) is 17.9. The summed E-state index contributed by atoms with van der Waals surface area (Å²) in [5.41, 5.74) is 0.335. The Balaban J connectivity index is 1.99. The van der Waals surface area contributed by atoms with Crippen LogP contribution in [0.4, 0.5) is 0 Å². The van der Waals surface area contributed by atoms with Crippen molar-refractivity contribution in [3.05, 3.63) is 29.8 Å². The Morgan fingerprint density at radius 3 is 2.91 bits per heavy atom. The molecule has 1 heterocycles. The third kappa shape index (κ3) is 5.30. The number of carbonyl (C=O) groups excluding carboxylic acids is 1. The number of hydrogen-bond donors (Lipinski definition) is 2. The van der Waals surface area contributed by atoms with Crippen molar-refractivity contribution in [2.45, 2.75) is 43.6 Å². The molecule has 0 bridgehead atoms. The molecule has 0 aromatic heterocycles. The zero-order valence-corrected chi connectivity index (χ0v) is 14.2. The second-order valence-electron chi connectivity index (χ2n) is 5.62. The van der Waals surface area contributed by atoms with Gasteiger partial charge in [0.2, 0.25) is 10.0 Å². The quantitative estimate of drug-likeness (QED) is 0.705. The maximum Gasteiger partial charge on any atom is 0.251 e. The first-order chi connectivity index (χ1) is 11.0. The second-order valence-corrected chi connectivity index (χ2v) is 7.39. The van der Waals surface area contributed by atoms with Crippen molar-refractivity contribution in [3.8, 4) is 0 Å². The van der Waals surface area contributed by atoms with E-state index in [2.05, 4.69) is 10.0 Å². The summed E-state index contributed by atoms with van der Waals surface area (Å²) in [5, 5.41) is 2.79. The number of sulfonamides is 1. The number of carbonyl (C=O) groups is 1. The molecule has 2 rings (SSSR count). The number of unbranched alkanes of at least 4 members (excludes halogenated alkanes) is 1. The minimum atomic E-state index is -3.57. The van der Waals surface area contributed by atoms with Crippen LogP contribution < -0.4 is 10.0 Å². The van der Waals surface area contributed by atoms with Gasteiger partial charge < -0.3 is 10.1 Å². The lowest BCUT2D eigenvalue weighted by Crippen LogP contribution is -2.32. The Labute approximate surface area is 137 Å². The van der Waals surface area contributed by atoms with Gasteiger partial charge in [-0.2, -0.15) is 0 Å². The van der Waals surface area contributed by atoms with Crippen molar-refractivity contribution in [3.63, 3.8) is 0 Å². The molecule has 0 radical (unpaired) electrons. The molecule has 1 aromatic rings. The van der Waals surface area contributed by atoms with Gasteiger partial charge in [-0.3, -0.25) is 4.79 Å². The van der Waals surface area contributed by atoms with E-state index in [-0.39, 0.29) is 16.9 Å². The van der Waals surface area contributed by atoms with Crippen LogP contribution in [-0.2, 0) is 14.8 Å². The van der Waals surface area contributed by atoms with E-state index >= 15 is 0 Å². The molecular weight excluding hydrogens is 316 g/mol. The molecular formula is C16H24N2O4S. The highest BCUT2D eigenvalue weighted by atomic mass is 32.2. The molecule has 0 aliphatic carbocycles. The van der Waals surface area contributed by atoms with E-state index in [0.29, 0.717) is 18.7 Å². The van der Waals surface area contributed by atoms with Gasteiger partial charge in [0.1, 0.15) is 0 Å². The predicted octanol–water partition coefficient (Wildman–Crippen LogP) is 1.67. The summed E-state index contributed by atoms with van der Waals surface area (Å²) in [5.74, 6) is -0.286. The lowest BCUT2D eigenvalue weighted by atomic mass is 10.2. The van der Waals surface area contributed by atoms with Gasteiger partial charge in [0.25, 0.3) is 5.91 Å². The molecule has 1 aromatic carbocycles. The zero-order chi connectivity index (χ0) is 16.7. The van der Waals surface area contributed by atoms with Crippen LogP contribution in [0.15, 0.2) is 29.2 Å². The molecule has 23 heavy (non-hydrogen) atoms. The van der Waals surface area contributed by atoms with Gasteiger partial charge in [-0.1, -0.05) is 19.4 Å². The summed E-state index contributed by atoms with van der Waals surface area (Å²) in [4.78, 5) is 12.3. The minimum absolute atomic E-state index is 0.0570. The van der Waals surface area contributed by atoms with E-state index in [4.69, 9.17) is 4.74 Å². The molecule has 128 valence electrons. The number of amides is 1. The maximum absolute atomic E-state index is 12.2. The lowest BCUT2D eigenvalue weighted by molar-refractivity contribution is 0.0857. The van der Waals surface area contributed by atoms with Gasteiger partial charge >= 0.3 is 0 Å². The van der Waals surface area contributed by atoms with Crippen LogP contribution >= 0.6 is 0 Å². The van der Waals surface area contributed by atoms with E-state index in [0.717, 1.165) is 32.3 Å². The molecule has 1 fully saturated rings. The molecule has 7 heteroatoms. The van der Waals surface area contributed by atoms with Gasteiger partial charge in [0.05, 0.1) is 11.0 Å². The number of rotatable bonds is 8. The van der Waals surface area contributed by atoms with Gasteiger partial charge in [0, 0.05) is 25.3 Å². The van der Waals surface area contributed by atoms with Crippen LogP contribution in [0, 0.1) is 0 Å². The Hall–Kier alpha value is -1.44. The highest BCUT2D eigenvalue weighted by Gasteiger charge is 2.18.